The van der Waals surface area contributed by atoms with Crippen molar-refractivity contribution in [3.8, 4) is 5.75 Å². The van der Waals surface area contributed by atoms with Gasteiger partial charge < -0.3 is 14.7 Å². The van der Waals surface area contributed by atoms with Gasteiger partial charge in [0.05, 0.1) is 12.8 Å². The Hall–Kier alpha value is -2.30. The molecule has 0 aliphatic carbocycles. The number of rotatable bonds is 4. The molecule has 0 aliphatic rings. The number of para-hydroxylation sites is 2. The molecule has 1 N–H and O–H groups in total. The van der Waals surface area contributed by atoms with Gasteiger partial charge >= 0.3 is 5.97 Å². The molecule has 0 atom stereocenters. The molecular formula is C14H17NO4. The van der Waals surface area contributed by atoms with Crippen molar-refractivity contribution in [2.45, 2.75) is 13.8 Å². The molecule has 102 valence electrons. The minimum Gasteiger partial charge on any atom is -0.495 e. The van der Waals surface area contributed by atoms with E-state index in [-0.39, 0.29) is 17.1 Å². The van der Waals surface area contributed by atoms with Gasteiger partial charge in [-0.05, 0) is 26.0 Å². The lowest BCUT2D eigenvalue weighted by Gasteiger charge is -2.20. The summed E-state index contributed by atoms with van der Waals surface area (Å²) in [4.78, 5) is 24.5. The third-order valence-corrected chi connectivity index (χ3v) is 2.96. The number of carbonyl (C=O) groups excluding carboxylic acids is 1. The quantitative estimate of drug-likeness (QED) is 0.844. The molecule has 0 fully saturated rings. The van der Waals surface area contributed by atoms with Crippen LogP contribution >= 0.6 is 0 Å². The van der Waals surface area contributed by atoms with E-state index in [1.807, 2.05) is 0 Å². The number of nitrogens with zero attached hydrogens (tertiary/aromatic N) is 1. The highest BCUT2D eigenvalue weighted by Gasteiger charge is 2.19. The highest BCUT2D eigenvalue weighted by atomic mass is 16.5. The van der Waals surface area contributed by atoms with Gasteiger partial charge in [-0.25, -0.2) is 4.79 Å². The summed E-state index contributed by atoms with van der Waals surface area (Å²) in [6.45, 7) is 2.91. The molecule has 0 spiro atoms. The Morgan fingerprint density at radius 1 is 1.16 bits per heavy atom. The van der Waals surface area contributed by atoms with Gasteiger partial charge in [-0.15, -0.1) is 0 Å². The predicted molar refractivity (Wildman–Crippen MR) is 72.4 cm³/mol. The molecule has 5 heteroatoms. The number of anilines is 1. The predicted octanol–water partition coefficient (Wildman–Crippen LogP) is 2.08. The summed E-state index contributed by atoms with van der Waals surface area (Å²) in [5.41, 5.74) is 0.820. The van der Waals surface area contributed by atoms with Crippen LogP contribution in [0.2, 0.25) is 0 Å². The summed E-state index contributed by atoms with van der Waals surface area (Å²) >= 11 is 0. The molecule has 19 heavy (non-hydrogen) atoms. The van der Waals surface area contributed by atoms with E-state index in [1.165, 1.54) is 25.9 Å². The number of likely N-dealkylation sites (N-methyl/N-ethyl adjacent to an activating group) is 1. The molecule has 0 heterocycles. The first kappa shape index (κ1) is 14.8. The number of hydrogen-bond acceptors (Lipinski definition) is 3. The molecule has 1 rings (SSSR count). The van der Waals surface area contributed by atoms with Gasteiger partial charge in [0.25, 0.3) is 5.91 Å². The zero-order chi connectivity index (χ0) is 14.6. The Morgan fingerprint density at radius 2 is 1.74 bits per heavy atom. The fourth-order valence-electron chi connectivity index (χ4n) is 1.59. The van der Waals surface area contributed by atoms with E-state index >= 15 is 0 Å². The Balaban J connectivity index is 3.14. The highest BCUT2D eigenvalue weighted by Crippen LogP contribution is 2.27. The summed E-state index contributed by atoms with van der Waals surface area (Å²) in [7, 11) is 3.10. The molecule has 5 nitrogen and oxygen atoms in total. The molecule has 1 aromatic rings. The van der Waals surface area contributed by atoms with Crippen LogP contribution in [-0.2, 0) is 9.59 Å². The summed E-state index contributed by atoms with van der Waals surface area (Å²) in [6.07, 6.45) is 0. The molecular weight excluding hydrogens is 246 g/mol. The lowest BCUT2D eigenvalue weighted by Crippen LogP contribution is -2.28. The van der Waals surface area contributed by atoms with E-state index in [4.69, 9.17) is 9.84 Å². The van der Waals surface area contributed by atoms with Crippen LogP contribution in [-0.4, -0.2) is 31.1 Å². The van der Waals surface area contributed by atoms with E-state index < -0.39 is 5.97 Å². The molecule has 0 aliphatic heterocycles. The van der Waals surface area contributed by atoms with Crippen molar-refractivity contribution >= 4 is 17.6 Å². The minimum atomic E-state index is -1.10. The lowest BCUT2D eigenvalue weighted by atomic mass is 10.1. The van der Waals surface area contributed by atoms with E-state index in [0.29, 0.717) is 11.4 Å². The molecule has 0 bridgehead atoms. The third-order valence-electron chi connectivity index (χ3n) is 2.96. The minimum absolute atomic E-state index is 0.0340. The van der Waals surface area contributed by atoms with Crippen molar-refractivity contribution < 1.29 is 19.4 Å². The largest absolute Gasteiger partial charge is 0.495 e. The number of benzene rings is 1. The van der Waals surface area contributed by atoms with Gasteiger partial charge in [-0.1, -0.05) is 12.1 Å². The second-order valence-corrected chi connectivity index (χ2v) is 4.09. The zero-order valence-electron chi connectivity index (χ0n) is 11.4. The number of aliphatic carboxylic acids is 1. The standard InChI is InChI=1S/C14H17NO4/c1-9(10(2)14(17)18)13(16)15(3)11-7-5-6-8-12(11)19-4/h5-8H,1-4H3,(H,17,18). The summed E-state index contributed by atoms with van der Waals surface area (Å²) in [5.74, 6) is -0.914. The maximum absolute atomic E-state index is 12.2. The van der Waals surface area contributed by atoms with Gasteiger partial charge in [0, 0.05) is 18.2 Å². The number of carboxylic acids is 1. The third kappa shape index (κ3) is 3.13. The topological polar surface area (TPSA) is 66.8 Å². The van der Waals surface area contributed by atoms with E-state index in [2.05, 4.69) is 0 Å². The van der Waals surface area contributed by atoms with Crippen LogP contribution in [0.3, 0.4) is 0 Å². The van der Waals surface area contributed by atoms with Crippen molar-refractivity contribution in [2.24, 2.45) is 0 Å². The van der Waals surface area contributed by atoms with Gasteiger partial charge in [0.1, 0.15) is 5.75 Å². The van der Waals surface area contributed by atoms with Gasteiger partial charge in [-0.3, -0.25) is 4.79 Å². The average Bonchev–Trinajstić information content (AvgIpc) is 2.43. The Bertz CT molecular complexity index is 534. The van der Waals surface area contributed by atoms with Crippen LogP contribution < -0.4 is 9.64 Å². The van der Waals surface area contributed by atoms with E-state index in [0.717, 1.165) is 0 Å². The Labute approximate surface area is 112 Å². The molecule has 0 saturated carbocycles. The van der Waals surface area contributed by atoms with Crippen LogP contribution in [0, 0.1) is 0 Å². The molecule has 0 unspecified atom stereocenters. The smallest absolute Gasteiger partial charge is 0.331 e. The van der Waals surface area contributed by atoms with E-state index in [1.54, 1.807) is 31.3 Å². The second kappa shape index (κ2) is 6.04. The number of carboxylic acid groups (broad SMARTS) is 1. The maximum Gasteiger partial charge on any atom is 0.331 e. The summed E-state index contributed by atoms with van der Waals surface area (Å²) in [6, 6.07) is 7.05. The zero-order valence-corrected chi connectivity index (χ0v) is 11.4. The first-order chi connectivity index (χ1) is 8.90. The molecule has 0 saturated heterocycles. The molecule has 0 aromatic heterocycles. The average molecular weight is 263 g/mol. The van der Waals surface area contributed by atoms with Crippen molar-refractivity contribution in [3.05, 3.63) is 35.4 Å². The van der Waals surface area contributed by atoms with Crippen molar-refractivity contribution in [3.63, 3.8) is 0 Å². The van der Waals surface area contributed by atoms with Crippen LogP contribution in [0.15, 0.2) is 35.4 Å². The maximum atomic E-state index is 12.2. The van der Waals surface area contributed by atoms with Crippen molar-refractivity contribution in [1.29, 1.82) is 0 Å². The SMILES string of the molecule is COc1ccccc1N(C)C(=O)C(C)=C(C)C(=O)O. The first-order valence-corrected chi connectivity index (χ1v) is 5.72. The van der Waals surface area contributed by atoms with Gasteiger partial charge in [0.2, 0.25) is 0 Å². The van der Waals surface area contributed by atoms with E-state index in [9.17, 15) is 9.59 Å². The normalized spacial score (nSPS) is 11.6. The lowest BCUT2D eigenvalue weighted by molar-refractivity contribution is -0.133. The van der Waals surface area contributed by atoms with Crippen LogP contribution in [0.1, 0.15) is 13.8 Å². The number of hydrogen-bond donors (Lipinski definition) is 1. The number of ether oxygens (including phenoxy) is 1. The molecule has 0 radical (unpaired) electrons. The van der Waals surface area contributed by atoms with Crippen LogP contribution in [0.25, 0.3) is 0 Å². The fourth-order valence-corrected chi connectivity index (χ4v) is 1.59. The van der Waals surface area contributed by atoms with Crippen molar-refractivity contribution in [2.75, 3.05) is 19.1 Å². The molecule has 1 amide bonds. The monoisotopic (exact) mass is 263 g/mol. The number of methoxy groups -OCH3 is 1. The Morgan fingerprint density at radius 3 is 2.26 bits per heavy atom. The highest BCUT2D eigenvalue weighted by molar-refractivity contribution is 6.09. The Kier molecular flexibility index (Phi) is 4.69. The van der Waals surface area contributed by atoms with Gasteiger partial charge in [-0.2, -0.15) is 0 Å². The summed E-state index contributed by atoms with van der Waals surface area (Å²) in [5, 5.41) is 8.90. The first-order valence-electron chi connectivity index (χ1n) is 5.72. The number of carbonyl (C=O) groups is 2. The fraction of sp³-hybridized carbons (Fsp3) is 0.286. The van der Waals surface area contributed by atoms with Crippen molar-refractivity contribution in [1.82, 2.24) is 0 Å². The van der Waals surface area contributed by atoms with Gasteiger partial charge in [0.15, 0.2) is 0 Å². The summed E-state index contributed by atoms with van der Waals surface area (Å²) < 4.78 is 5.18. The molecule has 1 aromatic carbocycles. The number of amides is 1. The van der Waals surface area contributed by atoms with Crippen LogP contribution in [0.4, 0.5) is 5.69 Å². The second-order valence-electron chi connectivity index (χ2n) is 4.09. The van der Waals surface area contributed by atoms with Crippen LogP contribution in [0.5, 0.6) is 5.75 Å².